The Morgan fingerprint density at radius 3 is 2.04 bits per heavy atom. The maximum atomic E-state index is 12.8. The van der Waals surface area contributed by atoms with E-state index in [0.29, 0.717) is 5.56 Å². The molecule has 0 atom stereocenters. The van der Waals surface area contributed by atoms with E-state index in [4.69, 9.17) is 5.21 Å². The zero-order chi connectivity index (χ0) is 20.5. The molecule has 0 radical (unpaired) electrons. The summed E-state index contributed by atoms with van der Waals surface area (Å²) in [5.74, 6) is -1.29. The molecular formula is C21H25N3O4. The van der Waals surface area contributed by atoms with Crippen molar-refractivity contribution in [3.05, 3.63) is 59.7 Å². The number of hydroxylamine groups is 1. The van der Waals surface area contributed by atoms with Gasteiger partial charge in [-0.25, -0.2) is 5.48 Å². The van der Waals surface area contributed by atoms with Gasteiger partial charge in [-0.1, -0.05) is 43.3 Å². The fourth-order valence-corrected chi connectivity index (χ4v) is 2.75. The van der Waals surface area contributed by atoms with E-state index in [9.17, 15) is 14.4 Å². The number of benzene rings is 2. The van der Waals surface area contributed by atoms with Crippen molar-refractivity contribution in [3.8, 4) is 11.1 Å². The number of hydrogen-bond acceptors (Lipinski definition) is 4. The molecule has 0 bridgehead atoms. The topological polar surface area (TPSA) is 98.7 Å². The Morgan fingerprint density at radius 2 is 1.54 bits per heavy atom. The Morgan fingerprint density at radius 1 is 0.964 bits per heavy atom. The monoisotopic (exact) mass is 383 g/mol. The molecule has 2 aromatic rings. The number of aryl methyl sites for hydroxylation is 1. The smallest absolute Gasteiger partial charge is 0.262 e. The minimum atomic E-state index is -0.705. The quantitative estimate of drug-likeness (QED) is 0.480. The lowest BCUT2D eigenvalue weighted by molar-refractivity contribution is -0.129. The summed E-state index contributed by atoms with van der Waals surface area (Å²) in [4.78, 5) is 36.6. The number of nitrogens with one attached hydrogen (secondary N) is 2. The first-order chi connectivity index (χ1) is 13.4. The lowest BCUT2D eigenvalue weighted by Gasteiger charge is -2.22. The minimum Gasteiger partial charge on any atom is -0.355 e. The van der Waals surface area contributed by atoms with Crippen LogP contribution in [0.2, 0.25) is 0 Å². The van der Waals surface area contributed by atoms with E-state index in [2.05, 4.69) is 24.4 Å². The number of rotatable bonds is 8. The fraction of sp³-hybridized carbons (Fsp3) is 0.286. The molecule has 0 saturated carbocycles. The molecule has 0 unspecified atom stereocenters. The van der Waals surface area contributed by atoms with Crippen LogP contribution in [0.15, 0.2) is 48.5 Å². The van der Waals surface area contributed by atoms with Crippen molar-refractivity contribution in [2.75, 3.05) is 19.6 Å². The Bertz CT molecular complexity index is 817. The van der Waals surface area contributed by atoms with Crippen molar-refractivity contribution in [1.82, 2.24) is 15.7 Å². The second-order valence-electron chi connectivity index (χ2n) is 6.37. The Kier molecular flexibility index (Phi) is 7.71. The predicted molar refractivity (Wildman–Crippen MR) is 106 cm³/mol. The van der Waals surface area contributed by atoms with Crippen LogP contribution in [-0.2, 0) is 16.0 Å². The first kappa shape index (κ1) is 21.1. The largest absolute Gasteiger partial charge is 0.355 e. The second kappa shape index (κ2) is 10.2. The minimum absolute atomic E-state index is 0.145. The summed E-state index contributed by atoms with van der Waals surface area (Å²) in [6.07, 6.45) is 0.976. The van der Waals surface area contributed by atoms with Crippen molar-refractivity contribution in [2.45, 2.75) is 20.3 Å². The van der Waals surface area contributed by atoms with Crippen molar-refractivity contribution >= 4 is 17.7 Å². The van der Waals surface area contributed by atoms with E-state index in [1.54, 1.807) is 12.1 Å². The van der Waals surface area contributed by atoms with Gasteiger partial charge < -0.3 is 10.2 Å². The molecule has 28 heavy (non-hydrogen) atoms. The van der Waals surface area contributed by atoms with Gasteiger partial charge in [0.15, 0.2) is 0 Å². The van der Waals surface area contributed by atoms with Crippen LogP contribution in [0, 0.1) is 0 Å². The van der Waals surface area contributed by atoms with Crippen LogP contribution in [0.25, 0.3) is 11.1 Å². The third-order valence-electron chi connectivity index (χ3n) is 4.33. The van der Waals surface area contributed by atoms with Crippen LogP contribution in [0.5, 0.6) is 0 Å². The van der Waals surface area contributed by atoms with Crippen molar-refractivity contribution in [3.63, 3.8) is 0 Å². The fourth-order valence-electron chi connectivity index (χ4n) is 2.75. The molecule has 7 heteroatoms. The molecule has 0 aliphatic rings. The number of nitrogens with zero attached hydrogens (tertiary/aromatic N) is 1. The molecule has 0 fully saturated rings. The van der Waals surface area contributed by atoms with Crippen LogP contribution >= 0.6 is 0 Å². The maximum absolute atomic E-state index is 12.8. The zero-order valence-electron chi connectivity index (χ0n) is 16.1. The lowest BCUT2D eigenvalue weighted by atomic mass is 10.0. The summed E-state index contributed by atoms with van der Waals surface area (Å²) < 4.78 is 0. The van der Waals surface area contributed by atoms with E-state index in [1.165, 1.54) is 22.9 Å². The SMILES string of the molecule is CCc1ccc(-c2ccc(C(=O)N(CCNC(C)=O)CC(=O)NO)cc2)cc1. The molecule has 0 aromatic heterocycles. The third kappa shape index (κ3) is 5.92. The zero-order valence-corrected chi connectivity index (χ0v) is 16.1. The summed E-state index contributed by atoms with van der Waals surface area (Å²) in [6, 6.07) is 15.3. The number of carbonyl (C=O) groups excluding carboxylic acids is 3. The van der Waals surface area contributed by atoms with E-state index in [1.807, 2.05) is 24.3 Å². The van der Waals surface area contributed by atoms with Gasteiger partial charge in [-0.3, -0.25) is 19.6 Å². The van der Waals surface area contributed by atoms with Gasteiger partial charge in [0.1, 0.15) is 6.54 Å². The molecule has 148 valence electrons. The van der Waals surface area contributed by atoms with Crippen LogP contribution in [0.1, 0.15) is 29.8 Å². The molecule has 3 amide bonds. The molecule has 0 spiro atoms. The maximum Gasteiger partial charge on any atom is 0.262 e. The molecule has 0 aliphatic heterocycles. The molecule has 2 rings (SSSR count). The molecule has 7 nitrogen and oxygen atoms in total. The van der Waals surface area contributed by atoms with Gasteiger partial charge in [-0.05, 0) is 35.2 Å². The van der Waals surface area contributed by atoms with E-state index < -0.39 is 5.91 Å². The van der Waals surface area contributed by atoms with Gasteiger partial charge in [-0.15, -0.1) is 0 Å². The molecule has 3 N–H and O–H groups in total. The van der Waals surface area contributed by atoms with E-state index in [0.717, 1.165) is 17.5 Å². The standard InChI is InChI=1S/C21H25N3O4/c1-3-16-4-6-17(7-5-16)18-8-10-19(11-9-18)21(27)24(14-20(26)23-28)13-12-22-15(2)25/h4-11,28H,3,12-14H2,1-2H3,(H,22,25)(H,23,26). The highest BCUT2D eigenvalue weighted by Gasteiger charge is 2.18. The van der Waals surface area contributed by atoms with E-state index >= 15 is 0 Å². The van der Waals surface area contributed by atoms with Crippen molar-refractivity contribution in [2.24, 2.45) is 0 Å². The van der Waals surface area contributed by atoms with Crippen LogP contribution < -0.4 is 10.8 Å². The van der Waals surface area contributed by atoms with Gasteiger partial charge in [0.25, 0.3) is 11.8 Å². The summed E-state index contributed by atoms with van der Waals surface area (Å²) in [7, 11) is 0. The van der Waals surface area contributed by atoms with Crippen LogP contribution in [0.4, 0.5) is 0 Å². The van der Waals surface area contributed by atoms with Crippen LogP contribution in [-0.4, -0.2) is 47.5 Å². The summed E-state index contributed by atoms with van der Waals surface area (Å²) in [5, 5.41) is 11.3. The Labute approximate surface area is 164 Å². The molecule has 0 aliphatic carbocycles. The van der Waals surface area contributed by atoms with Crippen molar-refractivity contribution in [1.29, 1.82) is 0 Å². The molecular weight excluding hydrogens is 358 g/mol. The highest BCUT2D eigenvalue weighted by molar-refractivity contribution is 5.96. The first-order valence-corrected chi connectivity index (χ1v) is 9.10. The lowest BCUT2D eigenvalue weighted by Crippen LogP contribution is -2.43. The summed E-state index contributed by atoms with van der Waals surface area (Å²) >= 11 is 0. The Balaban J connectivity index is 2.13. The molecule has 2 aromatic carbocycles. The summed E-state index contributed by atoms with van der Waals surface area (Å²) in [5.41, 5.74) is 5.23. The second-order valence-corrected chi connectivity index (χ2v) is 6.37. The Hall–Kier alpha value is -3.19. The average molecular weight is 383 g/mol. The van der Waals surface area contributed by atoms with Gasteiger partial charge in [0.2, 0.25) is 5.91 Å². The third-order valence-corrected chi connectivity index (χ3v) is 4.33. The normalized spacial score (nSPS) is 10.2. The molecule has 0 heterocycles. The highest BCUT2D eigenvalue weighted by Crippen LogP contribution is 2.21. The van der Waals surface area contributed by atoms with E-state index in [-0.39, 0.29) is 31.4 Å². The predicted octanol–water partition coefficient (Wildman–Crippen LogP) is 2.00. The van der Waals surface area contributed by atoms with Gasteiger partial charge in [0, 0.05) is 25.6 Å². The first-order valence-electron chi connectivity index (χ1n) is 9.10. The summed E-state index contributed by atoms with van der Waals surface area (Å²) in [6.45, 7) is 3.52. The van der Waals surface area contributed by atoms with Gasteiger partial charge in [0.05, 0.1) is 0 Å². The highest BCUT2D eigenvalue weighted by atomic mass is 16.5. The number of amides is 3. The average Bonchev–Trinajstić information content (AvgIpc) is 2.72. The number of hydrogen-bond donors (Lipinski definition) is 3. The van der Waals surface area contributed by atoms with Gasteiger partial charge in [-0.2, -0.15) is 0 Å². The number of carbonyl (C=O) groups is 3. The molecule has 0 saturated heterocycles. The van der Waals surface area contributed by atoms with Crippen LogP contribution in [0.3, 0.4) is 0 Å². The van der Waals surface area contributed by atoms with Gasteiger partial charge >= 0.3 is 0 Å². The van der Waals surface area contributed by atoms with Crippen molar-refractivity contribution < 1.29 is 19.6 Å².